The van der Waals surface area contributed by atoms with Crippen molar-refractivity contribution >= 4 is 23.2 Å². The standard InChI is InChI=1S/C16H23NO3S/c1-4-12-9-13(21-11(12)3)14(18)17-16(15(19)20)8-6-5-7-10(16)2/h9-10H,4-8H2,1-3H3,(H,17,18)(H,19,20). The summed E-state index contributed by atoms with van der Waals surface area (Å²) in [5, 5.41) is 12.5. The predicted molar refractivity (Wildman–Crippen MR) is 83.9 cm³/mol. The Balaban J connectivity index is 2.24. The van der Waals surface area contributed by atoms with Gasteiger partial charge in [0.1, 0.15) is 5.54 Å². The van der Waals surface area contributed by atoms with E-state index >= 15 is 0 Å². The summed E-state index contributed by atoms with van der Waals surface area (Å²) in [6.45, 7) is 5.97. The minimum Gasteiger partial charge on any atom is -0.479 e. The van der Waals surface area contributed by atoms with E-state index in [1.54, 1.807) is 0 Å². The fourth-order valence-electron chi connectivity index (χ4n) is 3.15. The van der Waals surface area contributed by atoms with Gasteiger partial charge in [-0.3, -0.25) is 4.79 Å². The van der Waals surface area contributed by atoms with Crippen molar-refractivity contribution in [2.24, 2.45) is 5.92 Å². The van der Waals surface area contributed by atoms with Crippen LogP contribution in [0.25, 0.3) is 0 Å². The van der Waals surface area contributed by atoms with Gasteiger partial charge >= 0.3 is 5.97 Å². The lowest BCUT2D eigenvalue weighted by Gasteiger charge is -2.39. The lowest BCUT2D eigenvalue weighted by Crippen LogP contribution is -2.59. The van der Waals surface area contributed by atoms with Gasteiger partial charge in [-0.2, -0.15) is 0 Å². The molecule has 1 aliphatic carbocycles. The summed E-state index contributed by atoms with van der Waals surface area (Å²) in [5.74, 6) is -1.20. The zero-order chi connectivity index (χ0) is 15.6. The summed E-state index contributed by atoms with van der Waals surface area (Å²) < 4.78 is 0. The lowest BCUT2D eigenvalue weighted by molar-refractivity contribution is -0.148. The number of aryl methyl sites for hydroxylation is 2. The van der Waals surface area contributed by atoms with Gasteiger partial charge in [-0.1, -0.05) is 26.7 Å². The van der Waals surface area contributed by atoms with Crippen LogP contribution in [0.5, 0.6) is 0 Å². The quantitative estimate of drug-likeness (QED) is 0.896. The van der Waals surface area contributed by atoms with Crippen LogP contribution in [0.1, 0.15) is 59.6 Å². The van der Waals surface area contributed by atoms with Crippen LogP contribution >= 0.6 is 11.3 Å². The van der Waals surface area contributed by atoms with E-state index in [-0.39, 0.29) is 11.8 Å². The molecule has 0 spiro atoms. The molecular weight excluding hydrogens is 286 g/mol. The summed E-state index contributed by atoms with van der Waals surface area (Å²) in [6, 6.07) is 1.89. The van der Waals surface area contributed by atoms with Gasteiger partial charge in [-0.05, 0) is 43.7 Å². The lowest BCUT2D eigenvalue weighted by atomic mass is 9.73. The molecule has 0 saturated heterocycles. The SMILES string of the molecule is CCc1cc(C(=O)NC2(C(=O)O)CCCCC2C)sc1C. The van der Waals surface area contributed by atoms with Crippen LogP contribution in [0.4, 0.5) is 0 Å². The van der Waals surface area contributed by atoms with Gasteiger partial charge in [-0.15, -0.1) is 11.3 Å². The van der Waals surface area contributed by atoms with Gasteiger partial charge in [0.15, 0.2) is 0 Å². The summed E-state index contributed by atoms with van der Waals surface area (Å²) in [5.41, 5.74) is 0.0470. The van der Waals surface area contributed by atoms with Crippen molar-refractivity contribution in [2.75, 3.05) is 0 Å². The van der Waals surface area contributed by atoms with Crippen molar-refractivity contribution < 1.29 is 14.7 Å². The molecule has 0 radical (unpaired) electrons. The van der Waals surface area contributed by atoms with Gasteiger partial charge in [0.05, 0.1) is 4.88 Å². The average Bonchev–Trinajstić information content (AvgIpc) is 2.82. The predicted octanol–water partition coefficient (Wildman–Crippen LogP) is 3.38. The molecule has 2 atom stereocenters. The number of amides is 1. The molecule has 1 fully saturated rings. The normalized spacial score (nSPS) is 25.6. The van der Waals surface area contributed by atoms with Gasteiger partial charge in [0, 0.05) is 4.88 Å². The van der Waals surface area contributed by atoms with E-state index in [0.29, 0.717) is 11.3 Å². The number of carbonyl (C=O) groups excluding carboxylic acids is 1. The Morgan fingerprint density at radius 3 is 2.71 bits per heavy atom. The van der Waals surface area contributed by atoms with Crippen LogP contribution in [0.2, 0.25) is 0 Å². The van der Waals surface area contributed by atoms with Crippen LogP contribution < -0.4 is 5.32 Å². The molecule has 2 N–H and O–H groups in total. The first-order valence-electron chi connectivity index (χ1n) is 7.56. The second kappa shape index (κ2) is 6.18. The minimum absolute atomic E-state index is 0.0422. The number of rotatable bonds is 4. The molecule has 0 aromatic carbocycles. The molecule has 116 valence electrons. The number of carboxylic acids is 1. The molecular formula is C16H23NO3S. The van der Waals surface area contributed by atoms with Crippen molar-refractivity contribution in [3.63, 3.8) is 0 Å². The molecule has 1 aliphatic rings. The maximum absolute atomic E-state index is 12.5. The molecule has 1 aromatic rings. The number of hydrogen-bond acceptors (Lipinski definition) is 3. The third-order valence-corrected chi connectivity index (χ3v) is 5.73. The van der Waals surface area contributed by atoms with E-state index in [1.807, 2.05) is 19.9 Å². The summed E-state index contributed by atoms with van der Waals surface area (Å²) >= 11 is 1.44. The Bertz CT molecular complexity index is 552. The van der Waals surface area contributed by atoms with E-state index < -0.39 is 11.5 Å². The van der Waals surface area contributed by atoms with Gasteiger partial charge in [0.2, 0.25) is 0 Å². The molecule has 2 unspecified atom stereocenters. The van der Waals surface area contributed by atoms with Crippen molar-refractivity contribution in [2.45, 2.75) is 58.4 Å². The van der Waals surface area contributed by atoms with Gasteiger partial charge < -0.3 is 10.4 Å². The Labute approximate surface area is 129 Å². The third kappa shape index (κ3) is 2.98. The number of thiophene rings is 1. The molecule has 0 bridgehead atoms. The Hall–Kier alpha value is -1.36. The summed E-state index contributed by atoms with van der Waals surface area (Å²) in [6.07, 6.45) is 4.12. The molecule has 1 aromatic heterocycles. The van der Waals surface area contributed by atoms with E-state index in [1.165, 1.54) is 11.3 Å². The molecule has 5 heteroatoms. The molecule has 1 amide bonds. The van der Waals surface area contributed by atoms with Crippen LogP contribution in [0.15, 0.2) is 6.07 Å². The van der Waals surface area contributed by atoms with Crippen LogP contribution in [0, 0.1) is 12.8 Å². The molecule has 4 nitrogen and oxygen atoms in total. The summed E-state index contributed by atoms with van der Waals surface area (Å²) in [7, 11) is 0. The fraction of sp³-hybridized carbons (Fsp3) is 0.625. The molecule has 1 saturated carbocycles. The number of carboxylic acid groups (broad SMARTS) is 1. The van der Waals surface area contributed by atoms with E-state index in [2.05, 4.69) is 12.2 Å². The highest BCUT2D eigenvalue weighted by Gasteiger charge is 2.46. The Kier molecular flexibility index (Phi) is 4.71. The first-order chi connectivity index (χ1) is 9.90. The first-order valence-corrected chi connectivity index (χ1v) is 8.37. The molecule has 0 aliphatic heterocycles. The number of aliphatic carboxylic acids is 1. The maximum Gasteiger partial charge on any atom is 0.329 e. The van der Waals surface area contributed by atoms with Crippen LogP contribution in [-0.2, 0) is 11.2 Å². The highest BCUT2D eigenvalue weighted by atomic mass is 32.1. The van der Waals surface area contributed by atoms with Crippen molar-refractivity contribution in [1.82, 2.24) is 5.32 Å². The minimum atomic E-state index is -1.11. The van der Waals surface area contributed by atoms with Crippen molar-refractivity contribution in [3.8, 4) is 0 Å². The van der Waals surface area contributed by atoms with Crippen molar-refractivity contribution in [3.05, 3.63) is 21.4 Å². The molecule has 1 heterocycles. The number of carbonyl (C=O) groups is 2. The zero-order valence-corrected chi connectivity index (χ0v) is 13.7. The largest absolute Gasteiger partial charge is 0.479 e. The molecule has 21 heavy (non-hydrogen) atoms. The smallest absolute Gasteiger partial charge is 0.329 e. The Morgan fingerprint density at radius 2 is 2.19 bits per heavy atom. The zero-order valence-electron chi connectivity index (χ0n) is 12.9. The van der Waals surface area contributed by atoms with Gasteiger partial charge in [-0.25, -0.2) is 4.79 Å². The van der Waals surface area contributed by atoms with Crippen LogP contribution in [-0.4, -0.2) is 22.5 Å². The van der Waals surface area contributed by atoms with E-state index in [9.17, 15) is 14.7 Å². The highest BCUT2D eigenvalue weighted by molar-refractivity contribution is 7.14. The Morgan fingerprint density at radius 1 is 1.48 bits per heavy atom. The summed E-state index contributed by atoms with van der Waals surface area (Å²) in [4.78, 5) is 26.0. The van der Waals surface area contributed by atoms with E-state index in [0.717, 1.165) is 36.1 Å². The van der Waals surface area contributed by atoms with Gasteiger partial charge in [0.25, 0.3) is 5.91 Å². The second-order valence-electron chi connectivity index (χ2n) is 5.92. The molecule has 2 rings (SSSR count). The van der Waals surface area contributed by atoms with Crippen molar-refractivity contribution in [1.29, 1.82) is 0 Å². The number of hydrogen-bond donors (Lipinski definition) is 2. The second-order valence-corrected chi connectivity index (χ2v) is 7.18. The first kappa shape index (κ1) is 16.0. The third-order valence-electron chi connectivity index (χ3n) is 4.64. The topological polar surface area (TPSA) is 66.4 Å². The monoisotopic (exact) mass is 309 g/mol. The average molecular weight is 309 g/mol. The van der Waals surface area contributed by atoms with E-state index in [4.69, 9.17) is 0 Å². The fourth-order valence-corrected chi connectivity index (χ4v) is 4.16. The highest BCUT2D eigenvalue weighted by Crippen LogP contribution is 2.34. The van der Waals surface area contributed by atoms with Crippen LogP contribution in [0.3, 0.4) is 0 Å². The number of nitrogens with one attached hydrogen (secondary N) is 1. The maximum atomic E-state index is 12.5.